The average molecular weight is 363 g/mol. The van der Waals surface area contributed by atoms with E-state index in [4.69, 9.17) is 11.6 Å². The molecule has 130 valence electrons. The minimum Gasteiger partial charge on any atom is -0.361 e. The molecule has 1 heterocycles. The topological polar surface area (TPSA) is 32.3 Å². The number of carbonyl (C=O) groups is 1. The lowest BCUT2D eigenvalue weighted by molar-refractivity contribution is 0.0728. The number of rotatable bonds is 4. The zero-order valence-electron chi connectivity index (χ0n) is 14.4. The van der Waals surface area contributed by atoms with Gasteiger partial charge in [-0.1, -0.05) is 66.2 Å². The summed E-state index contributed by atoms with van der Waals surface area (Å²) in [7, 11) is 0. The predicted octanol–water partition coefficient (Wildman–Crippen LogP) is 5.42. The van der Waals surface area contributed by atoms with Gasteiger partial charge in [0.05, 0.1) is 0 Å². The number of halogens is 1. The highest BCUT2D eigenvalue weighted by Crippen LogP contribution is 2.36. The van der Waals surface area contributed by atoms with Gasteiger partial charge in [0.2, 0.25) is 0 Å². The smallest absolute Gasteiger partial charge is 0.256 e. The van der Waals surface area contributed by atoms with E-state index in [0.717, 1.165) is 27.9 Å². The van der Waals surface area contributed by atoms with Gasteiger partial charge in [-0.2, -0.15) is 0 Å². The summed E-state index contributed by atoms with van der Waals surface area (Å²) >= 11 is 6.18. The van der Waals surface area contributed by atoms with Crippen molar-refractivity contribution in [2.45, 2.75) is 19.6 Å². The maximum Gasteiger partial charge on any atom is 0.256 e. The SMILES string of the molecule is Cc1ccc(Cl)cc1NC1c2ccccc2C(=O)N1Cc1ccccc1. The second-order valence-electron chi connectivity index (χ2n) is 6.51. The van der Waals surface area contributed by atoms with Crippen LogP contribution in [-0.4, -0.2) is 10.8 Å². The van der Waals surface area contributed by atoms with Gasteiger partial charge in [0.25, 0.3) is 5.91 Å². The number of fused-ring (bicyclic) bond motifs is 1. The lowest BCUT2D eigenvalue weighted by Crippen LogP contribution is -2.32. The number of hydrogen-bond acceptors (Lipinski definition) is 2. The molecule has 1 aliphatic rings. The van der Waals surface area contributed by atoms with Crippen molar-refractivity contribution in [1.29, 1.82) is 0 Å². The third kappa shape index (κ3) is 3.06. The largest absolute Gasteiger partial charge is 0.361 e. The summed E-state index contributed by atoms with van der Waals surface area (Å²) < 4.78 is 0. The Labute approximate surface area is 158 Å². The summed E-state index contributed by atoms with van der Waals surface area (Å²) in [5, 5.41) is 4.20. The molecule has 0 radical (unpaired) electrons. The Morgan fingerprint density at radius 2 is 1.73 bits per heavy atom. The third-order valence-corrected chi connectivity index (χ3v) is 4.98. The first kappa shape index (κ1) is 16.7. The van der Waals surface area contributed by atoms with Crippen LogP contribution in [0.5, 0.6) is 0 Å². The van der Waals surface area contributed by atoms with Crippen molar-refractivity contribution in [2.24, 2.45) is 0 Å². The van der Waals surface area contributed by atoms with Crippen molar-refractivity contribution in [3.8, 4) is 0 Å². The molecule has 4 rings (SSSR count). The Bertz CT molecular complexity index is 955. The van der Waals surface area contributed by atoms with Crippen molar-refractivity contribution in [3.05, 3.63) is 100 Å². The minimum absolute atomic E-state index is 0.0432. The number of hydrogen-bond donors (Lipinski definition) is 1. The second kappa shape index (κ2) is 6.85. The van der Waals surface area contributed by atoms with Gasteiger partial charge >= 0.3 is 0 Å². The first-order valence-electron chi connectivity index (χ1n) is 8.60. The molecule has 0 saturated heterocycles. The van der Waals surface area contributed by atoms with Crippen LogP contribution in [0.2, 0.25) is 5.02 Å². The standard InChI is InChI=1S/C22H19ClN2O/c1-15-11-12-17(23)13-20(15)24-21-18-9-5-6-10-19(18)22(26)25(21)14-16-7-3-2-4-8-16/h2-13,21,24H,14H2,1H3. The maximum atomic E-state index is 13.0. The molecule has 3 nitrogen and oxygen atoms in total. The Morgan fingerprint density at radius 1 is 1.00 bits per heavy atom. The van der Waals surface area contributed by atoms with Gasteiger partial charge in [-0.05, 0) is 36.2 Å². The van der Waals surface area contributed by atoms with Gasteiger partial charge in [0.1, 0.15) is 6.17 Å². The molecule has 0 aromatic heterocycles. The number of nitrogens with zero attached hydrogens (tertiary/aromatic N) is 1. The average Bonchev–Trinajstić information content (AvgIpc) is 2.92. The lowest BCUT2D eigenvalue weighted by Gasteiger charge is -2.28. The van der Waals surface area contributed by atoms with Crippen LogP contribution in [0.4, 0.5) is 5.69 Å². The van der Waals surface area contributed by atoms with Crippen LogP contribution in [0.1, 0.15) is 33.2 Å². The molecule has 0 fully saturated rings. The van der Waals surface area contributed by atoms with E-state index >= 15 is 0 Å². The van der Waals surface area contributed by atoms with Gasteiger partial charge in [-0.25, -0.2) is 0 Å². The van der Waals surface area contributed by atoms with E-state index in [2.05, 4.69) is 5.32 Å². The fraction of sp³-hybridized carbons (Fsp3) is 0.136. The summed E-state index contributed by atoms with van der Waals surface area (Å²) in [4.78, 5) is 14.9. The highest BCUT2D eigenvalue weighted by atomic mass is 35.5. The van der Waals surface area contributed by atoms with Crippen LogP contribution in [-0.2, 0) is 6.54 Å². The van der Waals surface area contributed by atoms with Gasteiger partial charge in [-0.3, -0.25) is 4.79 Å². The van der Waals surface area contributed by atoms with E-state index in [1.54, 1.807) is 0 Å². The van der Waals surface area contributed by atoms with Crippen molar-refractivity contribution in [3.63, 3.8) is 0 Å². The maximum absolute atomic E-state index is 13.0. The molecule has 3 aromatic rings. The Kier molecular flexibility index (Phi) is 4.39. The molecular weight excluding hydrogens is 344 g/mol. The summed E-state index contributed by atoms with van der Waals surface area (Å²) in [5.41, 5.74) is 4.87. The zero-order valence-corrected chi connectivity index (χ0v) is 15.2. The van der Waals surface area contributed by atoms with Gasteiger partial charge in [-0.15, -0.1) is 0 Å². The first-order chi connectivity index (χ1) is 12.6. The van der Waals surface area contributed by atoms with Crippen molar-refractivity contribution in [1.82, 2.24) is 4.90 Å². The summed E-state index contributed by atoms with van der Waals surface area (Å²) in [6.45, 7) is 2.58. The number of aryl methyl sites for hydroxylation is 1. The molecule has 3 aromatic carbocycles. The number of amides is 1. The molecule has 1 aliphatic heterocycles. The van der Waals surface area contributed by atoms with E-state index in [1.807, 2.05) is 84.6 Å². The molecule has 1 N–H and O–H groups in total. The number of nitrogens with one attached hydrogen (secondary N) is 1. The predicted molar refractivity (Wildman–Crippen MR) is 105 cm³/mol. The van der Waals surface area contributed by atoms with Gasteiger partial charge in [0.15, 0.2) is 0 Å². The molecule has 0 aliphatic carbocycles. The molecule has 0 saturated carbocycles. The molecule has 1 atom stereocenters. The fourth-order valence-electron chi connectivity index (χ4n) is 3.37. The molecule has 26 heavy (non-hydrogen) atoms. The van der Waals surface area contributed by atoms with E-state index in [-0.39, 0.29) is 12.1 Å². The van der Waals surface area contributed by atoms with Crippen LogP contribution in [0.3, 0.4) is 0 Å². The van der Waals surface area contributed by atoms with Crippen LogP contribution >= 0.6 is 11.6 Å². The number of carbonyl (C=O) groups excluding carboxylic acids is 1. The minimum atomic E-state index is -0.226. The molecule has 1 amide bonds. The summed E-state index contributed by atoms with van der Waals surface area (Å²) in [6, 6.07) is 23.6. The number of benzene rings is 3. The molecule has 0 bridgehead atoms. The number of anilines is 1. The first-order valence-corrected chi connectivity index (χ1v) is 8.98. The molecule has 0 spiro atoms. The quantitative estimate of drug-likeness (QED) is 0.672. The van der Waals surface area contributed by atoms with Crippen molar-refractivity contribution >= 4 is 23.2 Å². The lowest BCUT2D eigenvalue weighted by atomic mass is 10.1. The molecular formula is C22H19ClN2O. The van der Waals surface area contributed by atoms with E-state index in [1.165, 1.54) is 0 Å². The van der Waals surface area contributed by atoms with Crippen LogP contribution in [0, 0.1) is 6.92 Å². The highest BCUT2D eigenvalue weighted by Gasteiger charge is 2.36. The Balaban J connectivity index is 1.72. The Hall–Kier alpha value is -2.78. The summed E-state index contributed by atoms with van der Waals surface area (Å²) in [6.07, 6.45) is -0.226. The fourth-order valence-corrected chi connectivity index (χ4v) is 3.54. The summed E-state index contributed by atoms with van der Waals surface area (Å²) in [5.74, 6) is 0.0432. The van der Waals surface area contributed by atoms with Crippen LogP contribution in [0.25, 0.3) is 0 Å². The monoisotopic (exact) mass is 362 g/mol. The normalized spacial score (nSPS) is 15.8. The second-order valence-corrected chi connectivity index (χ2v) is 6.95. The third-order valence-electron chi connectivity index (χ3n) is 4.75. The molecule has 4 heteroatoms. The van der Waals surface area contributed by atoms with E-state index in [0.29, 0.717) is 11.6 Å². The molecule has 1 unspecified atom stereocenters. The van der Waals surface area contributed by atoms with E-state index < -0.39 is 0 Å². The van der Waals surface area contributed by atoms with Crippen LogP contribution in [0.15, 0.2) is 72.8 Å². The van der Waals surface area contributed by atoms with Crippen molar-refractivity contribution < 1.29 is 4.79 Å². The highest BCUT2D eigenvalue weighted by molar-refractivity contribution is 6.30. The van der Waals surface area contributed by atoms with Crippen LogP contribution < -0.4 is 5.32 Å². The van der Waals surface area contributed by atoms with Crippen molar-refractivity contribution in [2.75, 3.05) is 5.32 Å². The zero-order chi connectivity index (χ0) is 18.1. The Morgan fingerprint density at radius 3 is 2.54 bits per heavy atom. The van der Waals surface area contributed by atoms with Gasteiger partial charge < -0.3 is 10.2 Å². The van der Waals surface area contributed by atoms with Gasteiger partial charge in [0, 0.05) is 28.4 Å². The van der Waals surface area contributed by atoms with E-state index in [9.17, 15) is 4.79 Å².